The fourth-order valence-electron chi connectivity index (χ4n) is 1.24. The second-order valence-corrected chi connectivity index (χ2v) is 4.38. The van der Waals surface area contributed by atoms with Crippen molar-refractivity contribution in [3.63, 3.8) is 0 Å². The molecule has 0 saturated carbocycles. The Morgan fingerprint density at radius 2 is 1.94 bits per heavy atom. The molecule has 4 heteroatoms. The minimum absolute atomic E-state index is 0.120. The number of nitrogens with zero attached hydrogens (tertiary/aromatic N) is 1. The molecule has 0 bridgehead atoms. The van der Waals surface area contributed by atoms with Gasteiger partial charge in [-0.15, -0.1) is 0 Å². The number of anilines is 1. The first-order valence-electron chi connectivity index (χ1n) is 5.52. The van der Waals surface area contributed by atoms with E-state index in [4.69, 9.17) is 0 Å². The van der Waals surface area contributed by atoms with Gasteiger partial charge >= 0.3 is 6.03 Å². The van der Waals surface area contributed by atoms with Crippen LogP contribution < -0.4 is 10.6 Å². The summed E-state index contributed by atoms with van der Waals surface area (Å²) in [5, 5.41) is 5.42. The Labute approximate surface area is 96.5 Å². The van der Waals surface area contributed by atoms with Crippen molar-refractivity contribution < 1.29 is 4.79 Å². The quantitative estimate of drug-likeness (QED) is 0.824. The minimum Gasteiger partial charge on any atom is -0.336 e. The molecule has 4 nitrogen and oxygen atoms in total. The molecular weight excluding hydrogens is 202 g/mol. The molecule has 0 unspecified atom stereocenters. The zero-order chi connectivity index (χ0) is 12.1. The van der Waals surface area contributed by atoms with E-state index in [2.05, 4.69) is 29.5 Å². The van der Waals surface area contributed by atoms with Crippen LogP contribution in [-0.2, 0) is 0 Å². The fraction of sp³-hybridized carbons (Fsp3) is 0.500. The Morgan fingerprint density at radius 3 is 2.38 bits per heavy atom. The highest BCUT2D eigenvalue weighted by Gasteiger charge is 2.04. The first-order valence-corrected chi connectivity index (χ1v) is 5.52. The van der Waals surface area contributed by atoms with Crippen molar-refractivity contribution in [1.82, 2.24) is 10.3 Å². The van der Waals surface area contributed by atoms with E-state index in [0.29, 0.717) is 11.7 Å². The average Bonchev–Trinajstić information content (AvgIpc) is 2.16. The Morgan fingerprint density at radius 1 is 1.25 bits per heavy atom. The van der Waals surface area contributed by atoms with Crippen molar-refractivity contribution >= 4 is 11.8 Å². The molecule has 0 saturated heterocycles. The van der Waals surface area contributed by atoms with E-state index in [9.17, 15) is 4.79 Å². The molecule has 1 aromatic rings. The van der Waals surface area contributed by atoms with Crippen molar-refractivity contribution in [3.8, 4) is 0 Å². The molecule has 1 rings (SSSR count). The maximum absolute atomic E-state index is 11.4. The van der Waals surface area contributed by atoms with Crippen molar-refractivity contribution in [1.29, 1.82) is 0 Å². The minimum atomic E-state index is -0.222. The van der Waals surface area contributed by atoms with Crippen LogP contribution in [0.3, 0.4) is 0 Å². The number of nitrogens with one attached hydrogen (secondary N) is 2. The van der Waals surface area contributed by atoms with Gasteiger partial charge in [0.1, 0.15) is 5.82 Å². The summed E-state index contributed by atoms with van der Waals surface area (Å²) >= 11 is 0. The number of urea groups is 1. The van der Waals surface area contributed by atoms with Crippen molar-refractivity contribution in [3.05, 3.63) is 23.9 Å². The SMILES string of the molecule is CC(C)NC(=O)Nc1ccc(C(C)C)cn1. The number of hydrogen-bond donors (Lipinski definition) is 2. The van der Waals surface area contributed by atoms with Crippen LogP contribution in [0.5, 0.6) is 0 Å². The van der Waals surface area contributed by atoms with E-state index >= 15 is 0 Å². The molecular formula is C12H19N3O. The Hall–Kier alpha value is -1.58. The Bertz CT molecular complexity index is 344. The van der Waals surface area contributed by atoms with E-state index < -0.39 is 0 Å². The topological polar surface area (TPSA) is 54.0 Å². The zero-order valence-corrected chi connectivity index (χ0v) is 10.2. The lowest BCUT2D eigenvalue weighted by molar-refractivity contribution is 0.250. The highest BCUT2D eigenvalue weighted by atomic mass is 16.2. The Kier molecular flexibility index (Phi) is 4.28. The molecule has 2 N–H and O–H groups in total. The van der Waals surface area contributed by atoms with Gasteiger partial charge in [-0.2, -0.15) is 0 Å². The molecule has 0 fully saturated rings. The lowest BCUT2D eigenvalue weighted by Crippen LogP contribution is -2.34. The molecule has 0 spiro atoms. The molecule has 0 aliphatic heterocycles. The van der Waals surface area contributed by atoms with Gasteiger partial charge in [-0.1, -0.05) is 19.9 Å². The maximum atomic E-state index is 11.4. The third-order valence-electron chi connectivity index (χ3n) is 2.11. The van der Waals surface area contributed by atoms with Gasteiger partial charge in [0.05, 0.1) is 0 Å². The van der Waals surface area contributed by atoms with E-state index in [-0.39, 0.29) is 12.1 Å². The number of carbonyl (C=O) groups is 1. The number of hydrogen-bond acceptors (Lipinski definition) is 2. The van der Waals surface area contributed by atoms with Gasteiger partial charge in [-0.25, -0.2) is 9.78 Å². The van der Waals surface area contributed by atoms with E-state index in [1.807, 2.05) is 26.0 Å². The maximum Gasteiger partial charge on any atom is 0.320 e. The molecule has 88 valence electrons. The van der Waals surface area contributed by atoms with E-state index in [1.54, 1.807) is 6.20 Å². The summed E-state index contributed by atoms with van der Waals surface area (Å²) in [5.41, 5.74) is 1.16. The summed E-state index contributed by atoms with van der Waals surface area (Å²) in [6.45, 7) is 8.04. The second-order valence-electron chi connectivity index (χ2n) is 4.38. The standard InChI is InChI=1S/C12H19N3O/c1-8(2)10-5-6-11(13-7-10)15-12(16)14-9(3)4/h5-9H,1-4H3,(H2,13,14,15,16). The lowest BCUT2D eigenvalue weighted by atomic mass is 10.1. The van der Waals surface area contributed by atoms with Gasteiger partial charge in [0.2, 0.25) is 0 Å². The number of aromatic nitrogens is 1. The van der Waals surface area contributed by atoms with E-state index in [1.165, 1.54) is 0 Å². The summed E-state index contributed by atoms with van der Waals surface area (Å²) in [6.07, 6.45) is 1.79. The van der Waals surface area contributed by atoms with Crippen LogP contribution in [0.2, 0.25) is 0 Å². The van der Waals surface area contributed by atoms with Crippen molar-refractivity contribution in [2.75, 3.05) is 5.32 Å². The molecule has 1 aromatic heterocycles. The van der Waals surface area contributed by atoms with Crippen molar-refractivity contribution in [2.45, 2.75) is 39.7 Å². The fourth-order valence-corrected chi connectivity index (χ4v) is 1.24. The molecule has 2 amide bonds. The second kappa shape index (κ2) is 5.49. The number of amides is 2. The molecule has 1 heterocycles. The van der Waals surface area contributed by atoms with Gasteiger partial charge in [0.15, 0.2) is 0 Å². The number of carbonyl (C=O) groups excluding carboxylic acids is 1. The largest absolute Gasteiger partial charge is 0.336 e. The summed E-state index contributed by atoms with van der Waals surface area (Å²) in [5.74, 6) is 1.02. The van der Waals surface area contributed by atoms with Gasteiger partial charge in [-0.3, -0.25) is 5.32 Å². The summed E-state index contributed by atoms with van der Waals surface area (Å²) in [7, 11) is 0. The van der Waals surface area contributed by atoms with Crippen LogP contribution in [0.1, 0.15) is 39.2 Å². The molecule has 0 aromatic carbocycles. The molecule has 16 heavy (non-hydrogen) atoms. The normalized spacial score (nSPS) is 10.6. The first-order chi connectivity index (χ1) is 7.49. The highest BCUT2D eigenvalue weighted by Crippen LogP contribution is 2.14. The smallest absolute Gasteiger partial charge is 0.320 e. The van der Waals surface area contributed by atoms with E-state index in [0.717, 1.165) is 5.56 Å². The third-order valence-corrected chi connectivity index (χ3v) is 2.11. The van der Waals surface area contributed by atoms with Crippen LogP contribution in [-0.4, -0.2) is 17.1 Å². The van der Waals surface area contributed by atoms with Gasteiger partial charge in [0.25, 0.3) is 0 Å². The van der Waals surface area contributed by atoms with Gasteiger partial charge in [-0.05, 0) is 31.4 Å². The molecule has 0 radical (unpaired) electrons. The number of pyridine rings is 1. The monoisotopic (exact) mass is 221 g/mol. The van der Waals surface area contributed by atoms with Gasteiger partial charge in [0, 0.05) is 12.2 Å². The summed E-state index contributed by atoms with van der Waals surface area (Å²) in [6, 6.07) is 3.69. The third kappa shape index (κ3) is 3.88. The van der Waals surface area contributed by atoms with Crippen LogP contribution >= 0.6 is 0 Å². The highest BCUT2D eigenvalue weighted by molar-refractivity contribution is 5.88. The molecule has 0 atom stereocenters. The predicted molar refractivity (Wildman–Crippen MR) is 65.6 cm³/mol. The lowest BCUT2D eigenvalue weighted by Gasteiger charge is -2.10. The molecule has 0 aliphatic carbocycles. The molecule has 0 aliphatic rings. The first kappa shape index (κ1) is 12.5. The van der Waals surface area contributed by atoms with Crippen LogP contribution in [0, 0.1) is 0 Å². The predicted octanol–water partition coefficient (Wildman–Crippen LogP) is 2.73. The number of rotatable bonds is 3. The van der Waals surface area contributed by atoms with Crippen LogP contribution in [0.25, 0.3) is 0 Å². The summed E-state index contributed by atoms with van der Waals surface area (Å²) in [4.78, 5) is 15.6. The van der Waals surface area contributed by atoms with Crippen LogP contribution in [0.15, 0.2) is 18.3 Å². The Balaban J connectivity index is 2.58. The van der Waals surface area contributed by atoms with Crippen molar-refractivity contribution in [2.24, 2.45) is 0 Å². The van der Waals surface area contributed by atoms with Gasteiger partial charge < -0.3 is 5.32 Å². The zero-order valence-electron chi connectivity index (χ0n) is 10.2. The summed E-state index contributed by atoms with van der Waals surface area (Å²) < 4.78 is 0. The average molecular weight is 221 g/mol. The van der Waals surface area contributed by atoms with Crippen LogP contribution in [0.4, 0.5) is 10.6 Å².